The first-order valence-corrected chi connectivity index (χ1v) is 11.3. The summed E-state index contributed by atoms with van der Waals surface area (Å²) in [4.78, 5) is 49.9. The van der Waals surface area contributed by atoms with Gasteiger partial charge >= 0.3 is 0 Å². The number of nitrogens with zero attached hydrogens (tertiary/aromatic N) is 2. The number of likely N-dealkylation sites (tertiary alicyclic amines) is 1. The van der Waals surface area contributed by atoms with Crippen molar-refractivity contribution in [1.29, 1.82) is 0 Å². The Morgan fingerprint density at radius 1 is 1.06 bits per heavy atom. The summed E-state index contributed by atoms with van der Waals surface area (Å²) in [7, 11) is 0. The summed E-state index contributed by atoms with van der Waals surface area (Å²) in [5, 5.41) is 17.5. The van der Waals surface area contributed by atoms with E-state index in [0.717, 1.165) is 25.7 Å². The number of amides is 3. The molecular formula is C23H28N4O5. The lowest BCUT2D eigenvalue weighted by Gasteiger charge is -2.22. The Morgan fingerprint density at radius 2 is 1.72 bits per heavy atom. The summed E-state index contributed by atoms with van der Waals surface area (Å²) in [6.07, 6.45) is 10.2. The van der Waals surface area contributed by atoms with Crippen LogP contribution in [-0.4, -0.2) is 46.7 Å². The molecule has 2 aliphatic carbocycles. The molecule has 1 aliphatic heterocycles. The van der Waals surface area contributed by atoms with Gasteiger partial charge in [-0.3, -0.25) is 29.4 Å². The van der Waals surface area contributed by atoms with Crippen molar-refractivity contribution in [2.24, 2.45) is 11.8 Å². The molecule has 2 fully saturated rings. The van der Waals surface area contributed by atoms with Gasteiger partial charge in [0.15, 0.2) is 0 Å². The van der Waals surface area contributed by atoms with Crippen molar-refractivity contribution in [3.05, 3.63) is 46.0 Å². The van der Waals surface area contributed by atoms with Crippen LogP contribution in [0.15, 0.2) is 30.4 Å². The minimum Gasteiger partial charge on any atom is -0.378 e. The fourth-order valence-electron chi connectivity index (χ4n) is 4.88. The monoisotopic (exact) mass is 440 g/mol. The van der Waals surface area contributed by atoms with Crippen LogP contribution >= 0.6 is 0 Å². The zero-order valence-electron chi connectivity index (χ0n) is 17.9. The van der Waals surface area contributed by atoms with Crippen LogP contribution < -0.4 is 10.6 Å². The maximum Gasteiger partial charge on any atom is 0.293 e. The third-order valence-electron chi connectivity index (χ3n) is 6.65. The number of imide groups is 1. The van der Waals surface area contributed by atoms with E-state index in [9.17, 15) is 24.5 Å². The second-order valence-corrected chi connectivity index (χ2v) is 8.71. The molecule has 1 aromatic carbocycles. The van der Waals surface area contributed by atoms with Crippen molar-refractivity contribution >= 4 is 29.1 Å². The van der Waals surface area contributed by atoms with E-state index in [1.54, 1.807) is 6.07 Å². The molecule has 2 atom stereocenters. The molecular weight excluding hydrogens is 412 g/mol. The zero-order valence-corrected chi connectivity index (χ0v) is 17.9. The molecule has 0 bridgehead atoms. The van der Waals surface area contributed by atoms with Gasteiger partial charge in [0, 0.05) is 30.8 Å². The molecule has 3 amide bonds. The van der Waals surface area contributed by atoms with Gasteiger partial charge in [-0.25, -0.2) is 0 Å². The molecule has 1 aromatic rings. The Bertz CT molecular complexity index is 928. The van der Waals surface area contributed by atoms with Crippen molar-refractivity contribution in [3.8, 4) is 0 Å². The number of allylic oxidation sites excluding steroid dienone is 2. The first-order chi connectivity index (χ1) is 15.5. The molecule has 9 nitrogen and oxygen atoms in total. The fourth-order valence-corrected chi connectivity index (χ4v) is 4.88. The number of nitro groups is 1. The average molecular weight is 441 g/mol. The maximum atomic E-state index is 12.5. The highest BCUT2D eigenvalue weighted by atomic mass is 16.6. The molecule has 9 heteroatoms. The molecule has 0 unspecified atom stereocenters. The number of carbonyl (C=O) groups is 3. The molecule has 0 radical (unpaired) electrons. The quantitative estimate of drug-likeness (QED) is 0.291. The number of anilines is 1. The Labute approximate surface area is 186 Å². The maximum absolute atomic E-state index is 12.5. The molecule has 0 aromatic heterocycles. The third-order valence-corrected chi connectivity index (χ3v) is 6.65. The van der Waals surface area contributed by atoms with E-state index in [4.69, 9.17) is 0 Å². The summed E-state index contributed by atoms with van der Waals surface area (Å²) in [6, 6.07) is 4.44. The summed E-state index contributed by atoms with van der Waals surface area (Å²) in [5.74, 6) is -1.23. The number of rotatable bonds is 7. The molecule has 2 N–H and O–H groups in total. The number of hydrogen-bond donors (Lipinski definition) is 2. The van der Waals surface area contributed by atoms with Crippen LogP contribution in [0.25, 0.3) is 0 Å². The predicted molar refractivity (Wildman–Crippen MR) is 118 cm³/mol. The highest BCUT2D eigenvalue weighted by Crippen LogP contribution is 2.35. The molecule has 4 rings (SSSR count). The topological polar surface area (TPSA) is 122 Å². The van der Waals surface area contributed by atoms with Crippen LogP contribution in [0.3, 0.4) is 0 Å². The normalized spacial score (nSPS) is 23.2. The van der Waals surface area contributed by atoms with Gasteiger partial charge in [-0.2, -0.15) is 0 Å². The van der Waals surface area contributed by atoms with Crippen LogP contribution in [0, 0.1) is 22.0 Å². The van der Waals surface area contributed by atoms with Crippen LogP contribution in [0.2, 0.25) is 0 Å². The molecule has 3 aliphatic rings. The number of benzene rings is 1. The zero-order chi connectivity index (χ0) is 22.7. The van der Waals surface area contributed by atoms with E-state index in [-0.39, 0.29) is 65.6 Å². The van der Waals surface area contributed by atoms with Crippen LogP contribution in [0.4, 0.5) is 11.4 Å². The van der Waals surface area contributed by atoms with Crippen molar-refractivity contribution in [3.63, 3.8) is 0 Å². The number of fused-ring (bicyclic) bond motifs is 1. The SMILES string of the molecule is O=C(NC1CCCCC1)c1ccc(NCCN2C(=O)[C@@H]3CC=CC[C@H]3C2=O)c([N+](=O)[O-])c1. The highest BCUT2D eigenvalue weighted by molar-refractivity contribution is 6.05. The van der Waals surface area contributed by atoms with Crippen molar-refractivity contribution in [2.75, 3.05) is 18.4 Å². The van der Waals surface area contributed by atoms with E-state index in [1.165, 1.54) is 23.5 Å². The largest absolute Gasteiger partial charge is 0.378 e. The van der Waals surface area contributed by atoms with Crippen LogP contribution in [0.5, 0.6) is 0 Å². The Kier molecular flexibility index (Phi) is 6.53. The minimum atomic E-state index is -0.536. The number of hydrogen-bond acceptors (Lipinski definition) is 6. The second kappa shape index (κ2) is 9.50. The molecule has 1 saturated carbocycles. The van der Waals surface area contributed by atoms with E-state index in [1.807, 2.05) is 12.2 Å². The van der Waals surface area contributed by atoms with E-state index < -0.39 is 4.92 Å². The van der Waals surface area contributed by atoms with Gasteiger partial charge in [0.25, 0.3) is 11.6 Å². The Morgan fingerprint density at radius 3 is 2.34 bits per heavy atom. The molecule has 170 valence electrons. The van der Waals surface area contributed by atoms with Crippen molar-refractivity contribution in [2.45, 2.75) is 51.0 Å². The first kappa shape index (κ1) is 22.0. The minimum absolute atomic E-state index is 0.113. The van der Waals surface area contributed by atoms with Gasteiger partial charge in [0.1, 0.15) is 5.69 Å². The van der Waals surface area contributed by atoms with Crippen molar-refractivity contribution in [1.82, 2.24) is 10.2 Å². The first-order valence-electron chi connectivity index (χ1n) is 11.3. The smallest absolute Gasteiger partial charge is 0.293 e. The molecule has 0 spiro atoms. The number of nitrogens with one attached hydrogen (secondary N) is 2. The van der Waals surface area contributed by atoms with Crippen LogP contribution in [0.1, 0.15) is 55.3 Å². The van der Waals surface area contributed by atoms with E-state index in [2.05, 4.69) is 10.6 Å². The van der Waals surface area contributed by atoms with Gasteiger partial charge in [-0.15, -0.1) is 0 Å². The number of nitro benzene ring substituents is 1. The lowest BCUT2D eigenvalue weighted by atomic mass is 9.85. The van der Waals surface area contributed by atoms with E-state index in [0.29, 0.717) is 12.8 Å². The Hall–Kier alpha value is -3.23. The fraction of sp³-hybridized carbons (Fsp3) is 0.522. The van der Waals surface area contributed by atoms with E-state index >= 15 is 0 Å². The van der Waals surface area contributed by atoms with Gasteiger partial charge in [-0.1, -0.05) is 31.4 Å². The van der Waals surface area contributed by atoms with Gasteiger partial charge in [-0.05, 0) is 37.8 Å². The number of carbonyl (C=O) groups excluding carboxylic acids is 3. The summed E-state index contributed by atoms with van der Waals surface area (Å²) in [5.41, 5.74) is 0.287. The summed E-state index contributed by atoms with van der Waals surface area (Å²) < 4.78 is 0. The molecule has 1 heterocycles. The third kappa shape index (κ3) is 4.51. The lowest BCUT2D eigenvalue weighted by molar-refractivity contribution is -0.384. The Balaban J connectivity index is 1.38. The summed E-state index contributed by atoms with van der Waals surface area (Å²) >= 11 is 0. The van der Waals surface area contributed by atoms with Gasteiger partial charge in [0.05, 0.1) is 16.8 Å². The molecule has 32 heavy (non-hydrogen) atoms. The standard InChI is InChI=1S/C23H28N4O5/c28-21(25-16-6-2-1-3-7-16)15-10-11-19(20(14-15)27(31)32)24-12-13-26-22(29)17-8-4-5-9-18(17)23(26)30/h4-5,10-11,14,16-18,24H,1-3,6-9,12-13H2,(H,25,28)/t17-,18-/m1/s1. The van der Waals surface area contributed by atoms with Gasteiger partial charge in [0.2, 0.25) is 11.8 Å². The second-order valence-electron chi connectivity index (χ2n) is 8.71. The lowest BCUT2D eigenvalue weighted by Crippen LogP contribution is -2.36. The predicted octanol–water partition coefficient (Wildman–Crippen LogP) is 3.02. The summed E-state index contributed by atoms with van der Waals surface area (Å²) in [6.45, 7) is 0.338. The highest BCUT2D eigenvalue weighted by Gasteiger charge is 2.46. The van der Waals surface area contributed by atoms with Crippen LogP contribution in [-0.2, 0) is 9.59 Å². The molecule has 1 saturated heterocycles. The average Bonchev–Trinajstić information content (AvgIpc) is 3.04. The van der Waals surface area contributed by atoms with Gasteiger partial charge < -0.3 is 10.6 Å². The van der Waals surface area contributed by atoms with Crippen molar-refractivity contribution < 1.29 is 19.3 Å².